The van der Waals surface area contributed by atoms with Gasteiger partial charge < -0.3 is 5.11 Å². The lowest BCUT2D eigenvalue weighted by Crippen LogP contribution is -2.20. The van der Waals surface area contributed by atoms with E-state index in [-0.39, 0.29) is 6.61 Å². The molecule has 5 heteroatoms. The first-order valence-corrected chi connectivity index (χ1v) is 9.09. The Bertz CT molecular complexity index is 288. The molecular formula is C14H30O4S. The SMILES string of the molecule is CCCCC(CCCCCCCCCO)S(=O)(=O)O. The van der Waals surface area contributed by atoms with Gasteiger partial charge in [0.2, 0.25) is 0 Å². The van der Waals surface area contributed by atoms with Gasteiger partial charge >= 0.3 is 0 Å². The first-order chi connectivity index (χ1) is 9.02. The van der Waals surface area contributed by atoms with Gasteiger partial charge in [-0.1, -0.05) is 58.3 Å². The predicted octanol–water partition coefficient (Wildman–Crippen LogP) is 3.55. The minimum atomic E-state index is -3.87. The molecule has 4 nitrogen and oxygen atoms in total. The van der Waals surface area contributed by atoms with Gasteiger partial charge in [-0.3, -0.25) is 4.55 Å². The van der Waals surface area contributed by atoms with E-state index in [0.29, 0.717) is 12.8 Å². The summed E-state index contributed by atoms with van der Waals surface area (Å²) in [4.78, 5) is 0. The Morgan fingerprint density at radius 1 is 0.842 bits per heavy atom. The molecule has 0 bridgehead atoms. The van der Waals surface area contributed by atoms with Crippen LogP contribution in [0.1, 0.15) is 77.6 Å². The van der Waals surface area contributed by atoms with Crippen molar-refractivity contribution < 1.29 is 18.1 Å². The lowest BCUT2D eigenvalue weighted by Gasteiger charge is -2.13. The Balaban J connectivity index is 3.64. The van der Waals surface area contributed by atoms with E-state index in [4.69, 9.17) is 9.66 Å². The lowest BCUT2D eigenvalue weighted by atomic mass is 10.0. The van der Waals surface area contributed by atoms with Crippen molar-refractivity contribution in [2.24, 2.45) is 0 Å². The average molecular weight is 294 g/mol. The Morgan fingerprint density at radius 3 is 1.79 bits per heavy atom. The van der Waals surface area contributed by atoms with Crippen molar-refractivity contribution in [2.45, 2.75) is 82.8 Å². The van der Waals surface area contributed by atoms with Crippen LogP contribution in [0, 0.1) is 0 Å². The van der Waals surface area contributed by atoms with Crippen molar-refractivity contribution >= 4 is 10.1 Å². The summed E-state index contributed by atoms with van der Waals surface area (Å²) in [6, 6.07) is 0. The van der Waals surface area contributed by atoms with Gasteiger partial charge in [0.25, 0.3) is 10.1 Å². The maximum Gasteiger partial charge on any atom is 0.267 e. The van der Waals surface area contributed by atoms with E-state index in [1.165, 1.54) is 0 Å². The van der Waals surface area contributed by atoms with Crippen LogP contribution in [0.25, 0.3) is 0 Å². The molecule has 0 aromatic rings. The van der Waals surface area contributed by atoms with Crippen molar-refractivity contribution in [3.8, 4) is 0 Å². The van der Waals surface area contributed by atoms with Gasteiger partial charge in [0, 0.05) is 6.61 Å². The van der Waals surface area contributed by atoms with Gasteiger partial charge in [0.15, 0.2) is 0 Å². The van der Waals surface area contributed by atoms with Crippen molar-refractivity contribution in [2.75, 3.05) is 6.61 Å². The van der Waals surface area contributed by atoms with Crippen LogP contribution in [-0.4, -0.2) is 29.9 Å². The summed E-state index contributed by atoms with van der Waals surface area (Å²) in [5.41, 5.74) is 0. The first-order valence-electron chi connectivity index (χ1n) is 7.59. The van der Waals surface area contributed by atoms with Gasteiger partial charge in [-0.15, -0.1) is 0 Å². The molecule has 19 heavy (non-hydrogen) atoms. The maximum absolute atomic E-state index is 11.2. The molecule has 0 aliphatic rings. The number of aliphatic hydroxyl groups is 1. The zero-order valence-corrected chi connectivity index (χ0v) is 13.0. The largest absolute Gasteiger partial charge is 0.396 e. The number of unbranched alkanes of at least 4 members (excludes halogenated alkanes) is 7. The highest BCUT2D eigenvalue weighted by atomic mass is 32.2. The monoisotopic (exact) mass is 294 g/mol. The fourth-order valence-corrected chi connectivity index (χ4v) is 3.17. The molecule has 0 aliphatic heterocycles. The summed E-state index contributed by atoms with van der Waals surface area (Å²) < 4.78 is 31.6. The first kappa shape index (κ1) is 18.9. The number of aliphatic hydroxyl groups excluding tert-OH is 1. The smallest absolute Gasteiger partial charge is 0.267 e. The highest BCUT2D eigenvalue weighted by Gasteiger charge is 2.21. The normalized spacial score (nSPS) is 13.6. The number of hydrogen-bond donors (Lipinski definition) is 2. The fraction of sp³-hybridized carbons (Fsp3) is 1.00. The summed E-state index contributed by atoms with van der Waals surface area (Å²) >= 11 is 0. The van der Waals surface area contributed by atoms with Crippen LogP contribution in [-0.2, 0) is 10.1 Å². The maximum atomic E-state index is 11.2. The van der Waals surface area contributed by atoms with Crippen LogP contribution < -0.4 is 0 Å². The summed E-state index contributed by atoms with van der Waals surface area (Å²) in [5.74, 6) is 0. The third kappa shape index (κ3) is 11.4. The summed E-state index contributed by atoms with van der Waals surface area (Å²) in [7, 11) is -3.87. The molecule has 0 aliphatic carbocycles. The van der Waals surface area contributed by atoms with Gasteiger partial charge in [0.1, 0.15) is 0 Å². The topological polar surface area (TPSA) is 74.6 Å². The predicted molar refractivity (Wildman–Crippen MR) is 78.9 cm³/mol. The molecule has 1 atom stereocenters. The van der Waals surface area contributed by atoms with Crippen LogP contribution in [0.5, 0.6) is 0 Å². The van der Waals surface area contributed by atoms with Gasteiger partial charge in [-0.25, -0.2) is 0 Å². The van der Waals surface area contributed by atoms with Crippen molar-refractivity contribution in [3.05, 3.63) is 0 Å². The third-order valence-corrected chi connectivity index (χ3v) is 4.80. The zero-order valence-electron chi connectivity index (χ0n) is 12.2. The van der Waals surface area contributed by atoms with Crippen LogP contribution >= 0.6 is 0 Å². The minimum absolute atomic E-state index is 0.271. The molecule has 0 aromatic carbocycles. The van der Waals surface area contributed by atoms with Gasteiger partial charge in [0.05, 0.1) is 5.25 Å². The Hall–Kier alpha value is -0.130. The van der Waals surface area contributed by atoms with E-state index in [1.807, 2.05) is 6.92 Å². The molecule has 0 heterocycles. The average Bonchev–Trinajstić information content (AvgIpc) is 2.34. The molecule has 0 rings (SSSR count). The molecule has 0 aromatic heterocycles. The fourth-order valence-electron chi connectivity index (χ4n) is 2.24. The van der Waals surface area contributed by atoms with Crippen LogP contribution in [0.4, 0.5) is 0 Å². The Labute approximate surface area is 118 Å². The minimum Gasteiger partial charge on any atom is -0.396 e. The van der Waals surface area contributed by atoms with E-state index < -0.39 is 15.4 Å². The second kappa shape index (κ2) is 11.7. The number of rotatable bonds is 13. The zero-order chi connectivity index (χ0) is 14.6. The molecule has 0 fully saturated rings. The molecule has 0 spiro atoms. The summed E-state index contributed by atoms with van der Waals surface area (Å²) in [6.07, 6.45) is 10.2. The lowest BCUT2D eigenvalue weighted by molar-refractivity contribution is 0.282. The van der Waals surface area contributed by atoms with E-state index in [1.54, 1.807) is 0 Å². The molecule has 0 radical (unpaired) electrons. The van der Waals surface area contributed by atoms with E-state index in [2.05, 4.69) is 0 Å². The van der Waals surface area contributed by atoms with Gasteiger partial charge in [-0.05, 0) is 19.3 Å². The molecule has 0 amide bonds. The second-order valence-corrected chi connectivity index (χ2v) is 6.96. The summed E-state index contributed by atoms with van der Waals surface area (Å²) in [6.45, 7) is 2.29. The molecular weight excluding hydrogens is 264 g/mol. The summed E-state index contributed by atoms with van der Waals surface area (Å²) in [5, 5.41) is 8.07. The van der Waals surface area contributed by atoms with Crippen LogP contribution in [0.2, 0.25) is 0 Å². The second-order valence-electron chi connectivity index (χ2n) is 5.27. The van der Waals surface area contributed by atoms with E-state index in [9.17, 15) is 8.42 Å². The van der Waals surface area contributed by atoms with Crippen molar-refractivity contribution in [1.29, 1.82) is 0 Å². The van der Waals surface area contributed by atoms with Gasteiger partial charge in [-0.2, -0.15) is 8.42 Å². The number of hydrogen-bond acceptors (Lipinski definition) is 3. The molecule has 2 N–H and O–H groups in total. The molecule has 0 saturated carbocycles. The highest BCUT2D eigenvalue weighted by molar-refractivity contribution is 7.86. The Morgan fingerprint density at radius 2 is 1.32 bits per heavy atom. The standard InChI is InChI=1S/C14H30O4S/c1-2-3-11-14(19(16,17)18)12-9-7-5-4-6-8-10-13-15/h14-15H,2-13H2,1H3,(H,16,17,18). The van der Waals surface area contributed by atoms with E-state index in [0.717, 1.165) is 57.8 Å². The van der Waals surface area contributed by atoms with E-state index >= 15 is 0 Å². The van der Waals surface area contributed by atoms with Crippen LogP contribution in [0.3, 0.4) is 0 Å². The Kier molecular flexibility index (Phi) is 11.6. The third-order valence-electron chi connectivity index (χ3n) is 3.49. The molecule has 1 unspecified atom stereocenters. The van der Waals surface area contributed by atoms with Crippen molar-refractivity contribution in [1.82, 2.24) is 0 Å². The van der Waals surface area contributed by atoms with Crippen LogP contribution in [0.15, 0.2) is 0 Å². The molecule has 0 saturated heterocycles. The van der Waals surface area contributed by atoms with Crippen molar-refractivity contribution in [3.63, 3.8) is 0 Å². The molecule has 116 valence electrons. The quantitative estimate of drug-likeness (QED) is 0.402. The highest BCUT2D eigenvalue weighted by Crippen LogP contribution is 2.17.